The highest BCUT2D eigenvalue weighted by atomic mass is 16.5. The summed E-state index contributed by atoms with van der Waals surface area (Å²) in [5.41, 5.74) is 1.16. The van der Waals surface area contributed by atoms with Crippen LogP contribution in [0, 0.1) is 0 Å². The minimum Gasteiger partial charge on any atom is -0.496 e. The summed E-state index contributed by atoms with van der Waals surface area (Å²) in [4.78, 5) is 13.9. The first-order valence-corrected chi connectivity index (χ1v) is 7.55. The Hall–Kier alpha value is -1.75. The van der Waals surface area contributed by atoms with E-state index in [0.717, 1.165) is 37.1 Å². The number of piperidine rings is 1. The second-order valence-electron chi connectivity index (χ2n) is 5.88. The molecule has 2 aliphatic rings. The Morgan fingerprint density at radius 3 is 3.00 bits per heavy atom. The largest absolute Gasteiger partial charge is 0.496 e. The number of likely N-dealkylation sites (tertiary alicyclic amines) is 1. The number of β-amino-alcohol motifs (C(OH)–C–C–N with tert-alkyl or cyclic N) is 1. The Bertz CT molecular complexity index is 520. The highest BCUT2D eigenvalue weighted by Gasteiger charge is 2.42. The standard InChI is InChI=1S/C16H22N2O3/c1-21-15-7-3-2-6-12(15)13-9-14(13)17-16(20)18-8-4-5-11(19)10-18/h2-3,6-7,11,13-14,19H,4-5,8-10H2,1H3,(H,17,20)/t11-,13-,14-/m0/s1. The molecule has 0 unspecified atom stereocenters. The van der Waals surface area contributed by atoms with Gasteiger partial charge in [0.25, 0.3) is 0 Å². The molecule has 21 heavy (non-hydrogen) atoms. The van der Waals surface area contributed by atoms with Gasteiger partial charge in [-0.05, 0) is 30.9 Å². The van der Waals surface area contributed by atoms with Gasteiger partial charge in [-0.25, -0.2) is 4.79 Å². The highest BCUT2D eigenvalue weighted by molar-refractivity contribution is 5.75. The van der Waals surface area contributed by atoms with E-state index in [1.165, 1.54) is 0 Å². The van der Waals surface area contributed by atoms with Crippen molar-refractivity contribution in [2.75, 3.05) is 20.2 Å². The molecular formula is C16H22N2O3. The zero-order chi connectivity index (χ0) is 14.8. The lowest BCUT2D eigenvalue weighted by molar-refractivity contribution is 0.0841. The van der Waals surface area contributed by atoms with Gasteiger partial charge in [-0.1, -0.05) is 18.2 Å². The summed E-state index contributed by atoms with van der Waals surface area (Å²) in [6, 6.07) is 8.07. The van der Waals surface area contributed by atoms with Crippen molar-refractivity contribution in [3.05, 3.63) is 29.8 Å². The second-order valence-corrected chi connectivity index (χ2v) is 5.88. The normalized spacial score (nSPS) is 28.1. The van der Waals surface area contributed by atoms with Gasteiger partial charge in [0, 0.05) is 25.0 Å². The molecule has 1 aromatic rings. The summed E-state index contributed by atoms with van der Waals surface area (Å²) < 4.78 is 5.37. The van der Waals surface area contributed by atoms with Crippen molar-refractivity contribution in [2.45, 2.75) is 37.3 Å². The number of amides is 2. The fraction of sp³-hybridized carbons (Fsp3) is 0.562. The van der Waals surface area contributed by atoms with E-state index < -0.39 is 0 Å². The minimum atomic E-state index is -0.381. The average molecular weight is 290 g/mol. The van der Waals surface area contributed by atoms with Crippen LogP contribution in [0.15, 0.2) is 24.3 Å². The number of nitrogens with zero attached hydrogens (tertiary/aromatic N) is 1. The molecule has 2 N–H and O–H groups in total. The molecule has 2 amide bonds. The number of benzene rings is 1. The number of aliphatic hydroxyl groups is 1. The van der Waals surface area contributed by atoms with E-state index in [1.54, 1.807) is 12.0 Å². The van der Waals surface area contributed by atoms with Gasteiger partial charge in [0.2, 0.25) is 0 Å². The summed E-state index contributed by atoms with van der Waals surface area (Å²) in [5, 5.41) is 12.7. The molecule has 114 valence electrons. The molecule has 2 fully saturated rings. The zero-order valence-corrected chi connectivity index (χ0v) is 12.3. The fourth-order valence-corrected chi connectivity index (χ4v) is 3.06. The number of hydrogen-bond acceptors (Lipinski definition) is 3. The van der Waals surface area contributed by atoms with Crippen LogP contribution in [0.1, 0.15) is 30.7 Å². The summed E-state index contributed by atoms with van der Waals surface area (Å²) in [5.74, 6) is 1.22. The van der Waals surface area contributed by atoms with Gasteiger partial charge >= 0.3 is 6.03 Å². The molecule has 3 atom stereocenters. The summed E-state index contributed by atoms with van der Waals surface area (Å²) in [6.07, 6.45) is 2.23. The van der Waals surface area contributed by atoms with E-state index in [2.05, 4.69) is 11.4 Å². The van der Waals surface area contributed by atoms with Gasteiger partial charge in [0.05, 0.1) is 13.2 Å². The van der Waals surface area contributed by atoms with E-state index >= 15 is 0 Å². The lowest BCUT2D eigenvalue weighted by atomic mass is 10.1. The van der Waals surface area contributed by atoms with Crippen molar-refractivity contribution in [2.24, 2.45) is 0 Å². The van der Waals surface area contributed by atoms with Crippen LogP contribution < -0.4 is 10.1 Å². The molecule has 3 rings (SSSR count). The number of aliphatic hydroxyl groups excluding tert-OH is 1. The first-order chi connectivity index (χ1) is 10.2. The number of nitrogens with one attached hydrogen (secondary N) is 1. The number of urea groups is 1. The third kappa shape index (κ3) is 3.13. The van der Waals surface area contributed by atoms with Crippen LogP contribution >= 0.6 is 0 Å². The Morgan fingerprint density at radius 2 is 2.24 bits per heavy atom. The molecule has 0 radical (unpaired) electrons. The number of carbonyl (C=O) groups excluding carboxylic acids is 1. The van der Waals surface area contributed by atoms with E-state index in [0.29, 0.717) is 12.5 Å². The van der Waals surface area contributed by atoms with E-state index in [1.807, 2.05) is 18.2 Å². The van der Waals surface area contributed by atoms with Gasteiger partial charge < -0.3 is 20.1 Å². The van der Waals surface area contributed by atoms with Crippen LogP contribution in [-0.2, 0) is 0 Å². The number of methoxy groups -OCH3 is 1. The van der Waals surface area contributed by atoms with Gasteiger partial charge in [-0.15, -0.1) is 0 Å². The lowest BCUT2D eigenvalue weighted by Crippen LogP contribution is -2.47. The number of carbonyl (C=O) groups is 1. The summed E-state index contributed by atoms with van der Waals surface area (Å²) in [7, 11) is 1.67. The quantitative estimate of drug-likeness (QED) is 0.891. The van der Waals surface area contributed by atoms with Crippen LogP contribution in [0.2, 0.25) is 0 Å². The predicted octanol–water partition coefficient (Wildman–Crippen LogP) is 1.72. The number of ether oxygens (including phenoxy) is 1. The SMILES string of the molecule is COc1ccccc1[C@@H]1C[C@@H]1NC(=O)N1CCC[C@H](O)C1. The monoisotopic (exact) mass is 290 g/mol. The minimum absolute atomic E-state index is 0.0591. The lowest BCUT2D eigenvalue weighted by Gasteiger charge is -2.30. The van der Waals surface area contributed by atoms with Crippen molar-refractivity contribution in [1.82, 2.24) is 10.2 Å². The van der Waals surface area contributed by atoms with Crippen LogP contribution in [0.4, 0.5) is 4.79 Å². The van der Waals surface area contributed by atoms with Crippen LogP contribution in [-0.4, -0.2) is 48.4 Å². The van der Waals surface area contributed by atoms with Crippen LogP contribution in [0.25, 0.3) is 0 Å². The first-order valence-electron chi connectivity index (χ1n) is 7.55. The van der Waals surface area contributed by atoms with Crippen molar-refractivity contribution in [3.8, 4) is 5.75 Å². The predicted molar refractivity (Wildman–Crippen MR) is 79.5 cm³/mol. The van der Waals surface area contributed by atoms with Gasteiger partial charge in [-0.3, -0.25) is 0 Å². The van der Waals surface area contributed by atoms with E-state index in [-0.39, 0.29) is 18.2 Å². The Labute approximate surface area is 124 Å². The number of rotatable bonds is 3. The first kappa shape index (κ1) is 14.2. The van der Waals surface area contributed by atoms with Crippen LogP contribution in [0.3, 0.4) is 0 Å². The molecular weight excluding hydrogens is 268 g/mol. The number of para-hydroxylation sites is 1. The average Bonchev–Trinajstić information content (AvgIpc) is 3.26. The van der Waals surface area contributed by atoms with Crippen LogP contribution in [0.5, 0.6) is 5.75 Å². The molecule has 5 heteroatoms. The summed E-state index contributed by atoms with van der Waals surface area (Å²) in [6.45, 7) is 1.17. The molecule has 1 heterocycles. The summed E-state index contributed by atoms with van der Waals surface area (Å²) >= 11 is 0. The maximum atomic E-state index is 12.2. The Morgan fingerprint density at radius 1 is 1.43 bits per heavy atom. The van der Waals surface area contributed by atoms with Crippen molar-refractivity contribution >= 4 is 6.03 Å². The molecule has 1 saturated carbocycles. The molecule has 1 aliphatic carbocycles. The third-order valence-corrected chi connectivity index (χ3v) is 4.32. The Kier molecular flexibility index (Phi) is 4.01. The fourth-order valence-electron chi connectivity index (χ4n) is 3.06. The van der Waals surface area contributed by atoms with E-state index in [9.17, 15) is 9.90 Å². The smallest absolute Gasteiger partial charge is 0.317 e. The van der Waals surface area contributed by atoms with Gasteiger partial charge in [0.1, 0.15) is 5.75 Å². The van der Waals surface area contributed by atoms with Gasteiger partial charge in [0.15, 0.2) is 0 Å². The maximum Gasteiger partial charge on any atom is 0.317 e. The number of hydrogen-bond donors (Lipinski definition) is 2. The van der Waals surface area contributed by atoms with Crippen molar-refractivity contribution in [1.29, 1.82) is 0 Å². The van der Waals surface area contributed by atoms with Crippen molar-refractivity contribution in [3.63, 3.8) is 0 Å². The second kappa shape index (κ2) is 5.93. The molecule has 1 aromatic carbocycles. The maximum absolute atomic E-state index is 12.2. The molecule has 0 aromatic heterocycles. The topological polar surface area (TPSA) is 61.8 Å². The zero-order valence-electron chi connectivity index (χ0n) is 12.3. The molecule has 0 bridgehead atoms. The van der Waals surface area contributed by atoms with Crippen molar-refractivity contribution < 1.29 is 14.6 Å². The third-order valence-electron chi connectivity index (χ3n) is 4.32. The Balaban J connectivity index is 1.57. The molecule has 5 nitrogen and oxygen atoms in total. The highest BCUT2D eigenvalue weighted by Crippen LogP contribution is 2.44. The van der Waals surface area contributed by atoms with E-state index in [4.69, 9.17) is 4.74 Å². The van der Waals surface area contributed by atoms with Gasteiger partial charge in [-0.2, -0.15) is 0 Å². The molecule has 0 spiro atoms. The molecule has 1 saturated heterocycles. The molecule has 1 aliphatic heterocycles.